The molecule has 0 amide bonds. The number of sulfonamides is 1. The van der Waals surface area contributed by atoms with E-state index in [2.05, 4.69) is 4.72 Å². The zero-order valence-electron chi connectivity index (χ0n) is 9.59. The van der Waals surface area contributed by atoms with Crippen molar-refractivity contribution in [2.75, 3.05) is 0 Å². The summed E-state index contributed by atoms with van der Waals surface area (Å²) in [5.41, 5.74) is -1.27. The van der Waals surface area contributed by atoms with Crippen LogP contribution in [0.15, 0.2) is 35.2 Å². The summed E-state index contributed by atoms with van der Waals surface area (Å²) in [5, 5.41) is 10.2. The smallest absolute Gasteiger partial charge is 0.242 e. The van der Waals surface area contributed by atoms with Crippen LogP contribution in [0, 0.1) is 0 Å². The first-order valence-corrected chi connectivity index (χ1v) is 7.32. The quantitative estimate of drug-likeness (QED) is 0.806. The maximum absolute atomic E-state index is 12.0. The molecular weight excluding hydrogens is 238 g/mol. The van der Waals surface area contributed by atoms with Crippen LogP contribution in [0.4, 0.5) is 0 Å². The van der Waals surface area contributed by atoms with Crippen molar-refractivity contribution in [3.8, 4) is 0 Å². The second kappa shape index (κ2) is 4.76. The lowest BCUT2D eigenvalue weighted by Crippen LogP contribution is -2.49. The Balaban J connectivity index is 2.17. The SMILES string of the molecule is O=S(=O)(NC1(O)CCCCC1)c1ccccc1. The Morgan fingerprint density at radius 1 is 1.06 bits per heavy atom. The van der Waals surface area contributed by atoms with Gasteiger partial charge in [-0.25, -0.2) is 8.42 Å². The van der Waals surface area contributed by atoms with Gasteiger partial charge in [0.05, 0.1) is 4.90 Å². The second-order valence-electron chi connectivity index (χ2n) is 4.51. The van der Waals surface area contributed by atoms with Crippen LogP contribution in [-0.2, 0) is 10.0 Å². The van der Waals surface area contributed by atoms with E-state index in [0.29, 0.717) is 12.8 Å². The van der Waals surface area contributed by atoms with Gasteiger partial charge in [0.2, 0.25) is 10.0 Å². The highest BCUT2D eigenvalue weighted by atomic mass is 32.2. The zero-order valence-corrected chi connectivity index (χ0v) is 10.4. The van der Waals surface area contributed by atoms with E-state index in [0.717, 1.165) is 19.3 Å². The fraction of sp³-hybridized carbons (Fsp3) is 0.500. The number of hydrogen-bond acceptors (Lipinski definition) is 3. The maximum Gasteiger partial charge on any atom is 0.242 e. The van der Waals surface area contributed by atoms with Crippen molar-refractivity contribution in [2.45, 2.75) is 42.7 Å². The predicted molar refractivity (Wildman–Crippen MR) is 64.8 cm³/mol. The largest absolute Gasteiger partial charge is 0.375 e. The van der Waals surface area contributed by atoms with E-state index in [4.69, 9.17) is 0 Å². The molecule has 0 radical (unpaired) electrons. The summed E-state index contributed by atoms with van der Waals surface area (Å²) < 4.78 is 26.5. The van der Waals surface area contributed by atoms with Gasteiger partial charge in [0, 0.05) is 0 Å². The molecule has 4 nitrogen and oxygen atoms in total. The number of benzene rings is 1. The highest BCUT2D eigenvalue weighted by Crippen LogP contribution is 2.27. The molecule has 1 aromatic rings. The van der Waals surface area contributed by atoms with E-state index in [9.17, 15) is 13.5 Å². The minimum Gasteiger partial charge on any atom is -0.375 e. The first-order chi connectivity index (χ1) is 8.02. The van der Waals surface area contributed by atoms with Gasteiger partial charge in [-0.15, -0.1) is 0 Å². The molecule has 1 aliphatic carbocycles. The number of nitrogens with one attached hydrogen (secondary N) is 1. The Hall–Kier alpha value is -0.910. The monoisotopic (exact) mass is 255 g/mol. The third-order valence-corrected chi connectivity index (χ3v) is 4.60. The molecule has 1 fully saturated rings. The second-order valence-corrected chi connectivity index (χ2v) is 6.19. The number of hydrogen-bond donors (Lipinski definition) is 2. The highest BCUT2D eigenvalue weighted by molar-refractivity contribution is 7.89. The molecule has 0 unspecified atom stereocenters. The maximum atomic E-state index is 12.0. The molecule has 0 spiro atoms. The standard InChI is InChI=1S/C12H17NO3S/c14-12(9-5-2-6-10-12)13-17(15,16)11-7-3-1-4-8-11/h1,3-4,7-8,13-14H,2,5-6,9-10H2. The van der Waals surface area contributed by atoms with Gasteiger partial charge >= 0.3 is 0 Å². The number of aliphatic hydroxyl groups is 1. The molecule has 2 rings (SSSR count). The lowest BCUT2D eigenvalue weighted by atomic mass is 9.93. The molecule has 0 bridgehead atoms. The molecule has 5 heteroatoms. The van der Waals surface area contributed by atoms with Gasteiger partial charge in [0.1, 0.15) is 5.72 Å². The van der Waals surface area contributed by atoms with Gasteiger partial charge in [-0.1, -0.05) is 24.6 Å². The highest BCUT2D eigenvalue weighted by Gasteiger charge is 2.33. The van der Waals surface area contributed by atoms with Crippen molar-refractivity contribution in [1.82, 2.24) is 4.72 Å². The summed E-state index contributed by atoms with van der Waals surface area (Å²) >= 11 is 0. The van der Waals surface area contributed by atoms with Gasteiger partial charge in [-0.2, -0.15) is 4.72 Å². The van der Waals surface area contributed by atoms with Crippen molar-refractivity contribution in [3.63, 3.8) is 0 Å². The Morgan fingerprint density at radius 2 is 1.65 bits per heavy atom. The van der Waals surface area contributed by atoms with Crippen molar-refractivity contribution in [2.24, 2.45) is 0 Å². The van der Waals surface area contributed by atoms with Crippen LogP contribution in [0.1, 0.15) is 32.1 Å². The molecule has 0 heterocycles. The Labute approximate surface area is 102 Å². The minimum atomic E-state index is -3.62. The topological polar surface area (TPSA) is 66.4 Å². The van der Waals surface area contributed by atoms with E-state index in [1.54, 1.807) is 18.2 Å². The zero-order chi connectivity index (χ0) is 12.4. The Kier molecular flexibility index (Phi) is 3.51. The van der Waals surface area contributed by atoms with Crippen molar-refractivity contribution >= 4 is 10.0 Å². The van der Waals surface area contributed by atoms with Crippen molar-refractivity contribution in [3.05, 3.63) is 30.3 Å². The van der Waals surface area contributed by atoms with Crippen LogP contribution < -0.4 is 4.72 Å². The van der Waals surface area contributed by atoms with E-state index < -0.39 is 15.7 Å². The van der Waals surface area contributed by atoms with Crippen LogP contribution in [0.25, 0.3) is 0 Å². The minimum absolute atomic E-state index is 0.194. The fourth-order valence-electron chi connectivity index (χ4n) is 2.15. The van der Waals surface area contributed by atoms with Gasteiger partial charge in [-0.3, -0.25) is 0 Å². The number of rotatable bonds is 3. The van der Waals surface area contributed by atoms with Crippen molar-refractivity contribution < 1.29 is 13.5 Å². The normalized spacial score (nSPS) is 20.1. The average molecular weight is 255 g/mol. The van der Waals surface area contributed by atoms with Gasteiger partial charge in [0.15, 0.2) is 0 Å². The van der Waals surface area contributed by atoms with E-state index in [1.165, 1.54) is 12.1 Å². The lowest BCUT2D eigenvalue weighted by molar-refractivity contribution is -0.00642. The van der Waals surface area contributed by atoms with E-state index in [-0.39, 0.29) is 4.90 Å². The van der Waals surface area contributed by atoms with Crippen LogP contribution in [0.2, 0.25) is 0 Å². The summed E-state index contributed by atoms with van der Waals surface area (Å²) in [5.74, 6) is 0. The summed E-state index contributed by atoms with van der Waals surface area (Å²) in [4.78, 5) is 0.194. The van der Waals surface area contributed by atoms with Crippen LogP contribution in [0.3, 0.4) is 0 Å². The molecule has 0 aromatic heterocycles. The Bertz CT molecular complexity index is 464. The van der Waals surface area contributed by atoms with Gasteiger partial charge in [0.25, 0.3) is 0 Å². The van der Waals surface area contributed by atoms with E-state index in [1.807, 2.05) is 0 Å². The van der Waals surface area contributed by atoms with Crippen LogP contribution in [-0.4, -0.2) is 19.2 Å². The third-order valence-electron chi connectivity index (χ3n) is 3.06. The molecule has 94 valence electrons. The lowest BCUT2D eigenvalue weighted by Gasteiger charge is -2.32. The molecule has 1 saturated carbocycles. The molecule has 0 atom stereocenters. The summed E-state index contributed by atoms with van der Waals surface area (Å²) in [6.45, 7) is 0. The van der Waals surface area contributed by atoms with Crippen molar-refractivity contribution in [1.29, 1.82) is 0 Å². The van der Waals surface area contributed by atoms with Crippen LogP contribution >= 0.6 is 0 Å². The summed E-state index contributed by atoms with van der Waals surface area (Å²) in [6, 6.07) is 8.14. The molecule has 1 aliphatic rings. The van der Waals surface area contributed by atoms with E-state index >= 15 is 0 Å². The molecule has 0 saturated heterocycles. The molecule has 2 N–H and O–H groups in total. The van der Waals surface area contributed by atoms with Gasteiger partial charge < -0.3 is 5.11 Å². The molecule has 17 heavy (non-hydrogen) atoms. The van der Waals surface area contributed by atoms with Crippen LogP contribution in [0.5, 0.6) is 0 Å². The third kappa shape index (κ3) is 3.06. The van der Waals surface area contributed by atoms with Gasteiger partial charge in [-0.05, 0) is 37.8 Å². The first-order valence-electron chi connectivity index (χ1n) is 5.83. The molecular formula is C12H17NO3S. The molecule has 1 aromatic carbocycles. The first kappa shape index (κ1) is 12.5. The summed E-state index contributed by atoms with van der Waals surface area (Å²) in [6.07, 6.45) is 3.73. The average Bonchev–Trinajstić information content (AvgIpc) is 2.30. The molecule has 0 aliphatic heterocycles. The Morgan fingerprint density at radius 3 is 2.24 bits per heavy atom. The predicted octanol–water partition coefficient (Wildman–Crippen LogP) is 1.62. The summed E-state index contributed by atoms with van der Waals surface area (Å²) in [7, 11) is -3.62. The fourth-order valence-corrected chi connectivity index (χ4v) is 3.49.